The average Bonchev–Trinajstić information content (AvgIpc) is 2.49. The minimum absolute atomic E-state index is 0.399. The quantitative estimate of drug-likeness (QED) is 0.858. The summed E-state index contributed by atoms with van der Waals surface area (Å²) in [5.41, 5.74) is 2.08. The number of hydrogen-bond donors (Lipinski definition) is 1. The molecule has 0 bridgehead atoms. The highest BCUT2D eigenvalue weighted by Crippen LogP contribution is 2.29. The summed E-state index contributed by atoms with van der Waals surface area (Å²) in [6.07, 6.45) is 0. The number of ether oxygens (including phenoxy) is 2. The molecule has 0 saturated heterocycles. The van der Waals surface area contributed by atoms with Gasteiger partial charge in [0.2, 0.25) is 0 Å². The van der Waals surface area contributed by atoms with Crippen molar-refractivity contribution in [3.05, 3.63) is 57.6 Å². The van der Waals surface area contributed by atoms with E-state index in [4.69, 9.17) is 32.7 Å². The van der Waals surface area contributed by atoms with Crippen molar-refractivity contribution in [3.8, 4) is 11.5 Å². The van der Waals surface area contributed by atoms with E-state index in [-0.39, 0.29) is 0 Å². The van der Waals surface area contributed by atoms with E-state index in [1.807, 2.05) is 31.3 Å². The maximum Gasteiger partial charge on any atom is 0.161 e. The molecule has 0 radical (unpaired) electrons. The third kappa shape index (κ3) is 4.27. The van der Waals surface area contributed by atoms with Crippen LogP contribution in [0.5, 0.6) is 11.5 Å². The molecule has 2 rings (SSSR count). The first-order valence-electron chi connectivity index (χ1n) is 6.52. The summed E-state index contributed by atoms with van der Waals surface area (Å²) >= 11 is 11.9. The predicted molar refractivity (Wildman–Crippen MR) is 86.6 cm³/mol. The Morgan fingerprint density at radius 2 is 1.71 bits per heavy atom. The summed E-state index contributed by atoms with van der Waals surface area (Å²) in [6.45, 7) is 1.17. The SMILES string of the molecule is CNCc1ccc(OC)c(OCc2ccc(Cl)c(Cl)c2)c1. The van der Waals surface area contributed by atoms with Gasteiger partial charge in [0.05, 0.1) is 17.2 Å². The molecule has 0 fully saturated rings. The van der Waals surface area contributed by atoms with Gasteiger partial charge in [-0.1, -0.05) is 35.3 Å². The van der Waals surface area contributed by atoms with Crippen LogP contribution in [0.15, 0.2) is 36.4 Å². The summed E-state index contributed by atoms with van der Waals surface area (Å²) in [5.74, 6) is 1.41. The van der Waals surface area contributed by atoms with E-state index in [0.717, 1.165) is 17.7 Å². The minimum Gasteiger partial charge on any atom is -0.493 e. The first-order valence-corrected chi connectivity index (χ1v) is 7.28. The first-order chi connectivity index (χ1) is 10.1. The van der Waals surface area contributed by atoms with Crippen molar-refractivity contribution in [2.24, 2.45) is 0 Å². The van der Waals surface area contributed by atoms with Gasteiger partial charge in [0.1, 0.15) is 6.61 Å². The van der Waals surface area contributed by atoms with Gasteiger partial charge in [0.25, 0.3) is 0 Å². The lowest BCUT2D eigenvalue weighted by molar-refractivity contribution is 0.284. The largest absolute Gasteiger partial charge is 0.493 e. The zero-order chi connectivity index (χ0) is 15.2. The van der Waals surface area contributed by atoms with Crippen LogP contribution in [0.25, 0.3) is 0 Å². The van der Waals surface area contributed by atoms with Crippen molar-refractivity contribution in [3.63, 3.8) is 0 Å². The van der Waals surface area contributed by atoms with Crippen LogP contribution in [0.2, 0.25) is 10.0 Å². The van der Waals surface area contributed by atoms with Crippen LogP contribution in [0.3, 0.4) is 0 Å². The summed E-state index contributed by atoms with van der Waals surface area (Å²) in [6, 6.07) is 11.3. The Morgan fingerprint density at radius 3 is 2.38 bits per heavy atom. The lowest BCUT2D eigenvalue weighted by atomic mass is 10.2. The first kappa shape index (κ1) is 16.0. The van der Waals surface area contributed by atoms with E-state index in [9.17, 15) is 0 Å². The van der Waals surface area contributed by atoms with Gasteiger partial charge < -0.3 is 14.8 Å². The Kier molecular flexibility index (Phi) is 5.74. The van der Waals surface area contributed by atoms with Gasteiger partial charge in [0.15, 0.2) is 11.5 Å². The summed E-state index contributed by atoms with van der Waals surface area (Å²) < 4.78 is 11.2. The van der Waals surface area contributed by atoms with Gasteiger partial charge in [0, 0.05) is 6.54 Å². The number of methoxy groups -OCH3 is 1. The Balaban J connectivity index is 2.13. The van der Waals surface area contributed by atoms with Crippen molar-refractivity contribution in [1.82, 2.24) is 5.32 Å². The molecule has 0 aliphatic carbocycles. The molecule has 0 spiro atoms. The van der Waals surface area contributed by atoms with Crippen molar-refractivity contribution in [2.75, 3.05) is 14.2 Å². The Bertz CT molecular complexity index is 617. The number of benzene rings is 2. The number of halogens is 2. The molecule has 21 heavy (non-hydrogen) atoms. The molecule has 0 atom stereocenters. The van der Waals surface area contributed by atoms with Crippen molar-refractivity contribution in [1.29, 1.82) is 0 Å². The number of rotatable bonds is 6. The van der Waals surface area contributed by atoms with Gasteiger partial charge in [-0.05, 0) is 42.4 Å². The molecule has 5 heteroatoms. The molecular weight excluding hydrogens is 309 g/mol. The van der Waals surface area contributed by atoms with Crippen LogP contribution in [0.1, 0.15) is 11.1 Å². The van der Waals surface area contributed by atoms with Gasteiger partial charge in [-0.3, -0.25) is 0 Å². The Hall–Kier alpha value is -1.42. The van der Waals surface area contributed by atoms with Gasteiger partial charge in [-0.25, -0.2) is 0 Å². The maximum absolute atomic E-state index is 6.00. The molecule has 0 saturated carbocycles. The zero-order valence-electron chi connectivity index (χ0n) is 12.0. The lowest BCUT2D eigenvalue weighted by Crippen LogP contribution is -2.06. The van der Waals surface area contributed by atoms with Crippen LogP contribution < -0.4 is 14.8 Å². The van der Waals surface area contributed by atoms with Crippen molar-refractivity contribution < 1.29 is 9.47 Å². The smallest absolute Gasteiger partial charge is 0.161 e. The monoisotopic (exact) mass is 325 g/mol. The molecule has 0 heterocycles. The van der Waals surface area contributed by atoms with E-state index >= 15 is 0 Å². The predicted octanol–water partition coefficient (Wildman–Crippen LogP) is 4.30. The minimum atomic E-state index is 0.399. The zero-order valence-corrected chi connectivity index (χ0v) is 13.5. The highest BCUT2D eigenvalue weighted by molar-refractivity contribution is 6.42. The van der Waals surface area contributed by atoms with Crippen LogP contribution >= 0.6 is 23.2 Å². The van der Waals surface area contributed by atoms with Crippen molar-refractivity contribution >= 4 is 23.2 Å². The fourth-order valence-corrected chi connectivity index (χ4v) is 2.26. The van der Waals surface area contributed by atoms with E-state index in [1.54, 1.807) is 19.2 Å². The third-order valence-corrected chi connectivity index (χ3v) is 3.73. The molecule has 2 aromatic rings. The molecule has 1 N–H and O–H groups in total. The molecule has 3 nitrogen and oxygen atoms in total. The summed E-state index contributed by atoms with van der Waals surface area (Å²) in [4.78, 5) is 0. The molecule has 0 amide bonds. The molecular formula is C16H17Cl2NO2. The van der Waals surface area contributed by atoms with Crippen LogP contribution in [-0.4, -0.2) is 14.2 Å². The van der Waals surface area contributed by atoms with Gasteiger partial charge in [-0.2, -0.15) is 0 Å². The number of hydrogen-bond acceptors (Lipinski definition) is 3. The standard InChI is InChI=1S/C16H17Cl2NO2/c1-19-9-11-4-6-15(20-2)16(8-11)21-10-12-3-5-13(17)14(18)7-12/h3-8,19H,9-10H2,1-2H3. The Morgan fingerprint density at radius 1 is 0.952 bits per heavy atom. The Labute approximate surface area is 134 Å². The van der Waals surface area contributed by atoms with E-state index < -0.39 is 0 Å². The topological polar surface area (TPSA) is 30.5 Å². The van der Waals surface area contributed by atoms with Crippen LogP contribution in [0, 0.1) is 0 Å². The second-order valence-electron chi connectivity index (χ2n) is 4.55. The molecule has 112 valence electrons. The maximum atomic E-state index is 6.00. The van der Waals surface area contributed by atoms with Crippen LogP contribution in [-0.2, 0) is 13.2 Å². The molecule has 0 unspecified atom stereocenters. The van der Waals surface area contributed by atoms with E-state index in [1.165, 1.54) is 0 Å². The molecule has 0 aliphatic heterocycles. The molecule has 0 aromatic heterocycles. The third-order valence-electron chi connectivity index (χ3n) is 2.99. The summed E-state index contributed by atoms with van der Waals surface area (Å²) in [7, 11) is 3.53. The van der Waals surface area contributed by atoms with E-state index in [0.29, 0.717) is 28.2 Å². The number of nitrogens with one attached hydrogen (secondary N) is 1. The van der Waals surface area contributed by atoms with Gasteiger partial charge in [-0.15, -0.1) is 0 Å². The van der Waals surface area contributed by atoms with Gasteiger partial charge >= 0.3 is 0 Å². The average molecular weight is 326 g/mol. The van der Waals surface area contributed by atoms with Crippen molar-refractivity contribution in [2.45, 2.75) is 13.2 Å². The molecule has 2 aromatic carbocycles. The normalized spacial score (nSPS) is 10.5. The highest BCUT2D eigenvalue weighted by Gasteiger charge is 2.07. The lowest BCUT2D eigenvalue weighted by Gasteiger charge is -2.12. The molecule has 0 aliphatic rings. The highest BCUT2D eigenvalue weighted by atomic mass is 35.5. The summed E-state index contributed by atoms with van der Waals surface area (Å²) in [5, 5.41) is 4.17. The fraction of sp³-hybridized carbons (Fsp3) is 0.250. The van der Waals surface area contributed by atoms with Crippen LogP contribution in [0.4, 0.5) is 0 Å². The second kappa shape index (κ2) is 7.55. The fourth-order valence-electron chi connectivity index (χ4n) is 1.94. The second-order valence-corrected chi connectivity index (χ2v) is 5.37. The van der Waals surface area contributed by atoms with E-state index in [2.05, 4.69) is 5.32 Å².